The van der Waals surface area contributed by atoms with E-state index in [1.54, 1.807) is 20.8 Å². The van der Waals surface area contributed by atoms with E-state index >= 15 is 0 Å². The van der Waals surface area contributed by atoms with Gasteiger partial charge in [-0.3, -0.25) is 9.78 Å². The Bertz CT molecular complexity index is 1710. The molecule has 1 fully saturated rings. The van der Waals surface area contributed by atoms with E-state index in [1.165, 1.54) is 11.1 Å². The number of nitrogens with zero attached hydrogens (tertiary/aromatic N) is 5. The molecule has 1 saturated heterocycles. The van der Waals surface area contributed by atoms with Gasteiger partial charge in [0.15, 0.2) is 0 Å². The Kier molecular flexibility index (Phi) is 10.0. The normalized spacial score (nSPS) is 15.8. The topological polar surface area (TPSA) is 103 Å². The molecule has 2 N–H and O–H groups in total. The van der Waals surface area contributed by atoms with Crippen molar-refractivity contribution in [1.82, 2.24) is 15.0 Å². The lowest BCUT2D eigenvalue weighted by molar-refractivity contribution is -0.136. The Balaban J connectivity index is 0.000000807. The quantitative estimate of drug-likeness (QED) is 0.226. The third kappa shape index (κ3) is 8.55. The first kappa shape index (κ1) is 34.0. The van der Waals surface area contributed by atoms with Crippen molar-refractivity contribution in [1.29, 1.82) is 0 Å². The van der Waals surface area contributed by atoms with Gasteiger partial charge in [0.2, 0.25) is 5.95 Å². The Morgan fingerprint density at radius 1 is 0.872 bits per heavy atom. The molecule has 8 heteroatoms. The van der Waals surface area contributed by atoms with Crippen LogP contribution in [0.2, 0.25) is 0 Å². The molecule has 0 aliphatic carbocycles. The zero-order chi connectivity index (χ0) is 33.9. The number of carboxylic acid groups (broad SMARTS) is 1. The van der Waals surface area contributed by atoms with Gasteiger partial charge in [-0.1, -0.05) is 62.4 Å². The van der Waals surface area contributed by atoms with Crippen LogP contribution in [0.5, 0.6) is 0 Å². The van der Waals surface area contributed by atoms with Gasteiger partial charge < -0.3 is 20.0 Å². The molecule has 2 aromatic carbocycles. The van der Waals surface area contributed by atoms with Gasteiger partial charge in [0.1, 0.15) is 0 Å². The summed E-state index contributed by atoms with van der Waals surface area (Å²) in [7, 11) is 0. The second-order valence-corrected chi connectivity index (χ2v) is 14.6. The molecule has 2 aliphatic rings. The molecule has 2 aromatic heterocycles. The number of aliphatic hydroxyl groups is 1. The smallest absolute Gasteiger partial charge is 0.307 e. The molecule has 0 radical (unpaired) electrons. The molecule has 6 rings (SSSR count). The van der Waals surface area contributed by atoms with Crippen LogP contribution >= 0.6 is 0 Å². The van der Waals surface area contributed by atoms with Gasteiger partial charge in [-0.15, -0.1) is 0 Å². The molecule has 0 atom stereocenters. The molecule has 4 heterocycles. The second-order valence-electron chi connectivity index (χ2n) is 14.6. The van der Waals surface area contributed by atoms with Gasteiger partial charge in [0.25, 0.3) is 0 Å². The molecule has 0 unspecified atom stereocenters. The molecule has 0 bridgehead atoms. The zero-order valence-corrected chi connectivity index (χ0v) is 29.0. The lowest BCUT2D eigenvalue weighted by Crippen LogP contribution is -2.38. The van der Waals surface area contributed by atoms with Crippen molar-refractivity contribution < 1.29 is 15.0 Å². The summed E-state index contributed by atoms with van der Waals surface area (Å²) in [5.41, 5.74) is 10.2. The van der Waals surface area contributed by atoms with E-state index in [2.05, 4.69) is 65.9 Å². The highest BCUT2D eigenvalue weighted by molar-refractivity contribution is 5.86. The summed E-state index contributed by atoms with van der Waals surface area (Å²) in [4.78, 5) is 31.0. The average Bonchev–Trinajstić information content (AvgIpc) is 3.01. The Morgan fingerprint density at radius 2 is 1.55 bits per heavy atom. The van der Waals surface area contributed by atoms with E-state index in [0.29, 0.717) is 5.41 Å². The number of hydrogen-bond acceptors (Lipinski definition) is 7. The van der Waals surface area contributed by atoms with E-state index in [0.717, 1.165) is 96.4 Å². The first-order valence-electron chi connectivity index (χ1n) is 16.6. The lowest BCUT2D eigenvalue weighted by Gasteiger charge is -2.40. The van der Waals surface area contributed by atoms with Crippen LogP contribution in [0, 0.1) is 19.3 Å². The van der Waals surface area contributed by atoms with Crippen LogP contribution in [0.15, 0.2) is 60.8 Å². The van der Waals surface area contributed by atoms with Gasteiger partial charge in [0.05, 0.1) is 23.4 Å². The molecular formula is C39H49N5O3. The maximum Gasteiger partial charge on any atom is 0.307 e. The van der Waals surface area contributed by atoms with E-state index in [1.807, 2.05) is 37.4 Å². The number of rotatable bonds is 6. The average molecular weight is 636 g/mol. The standard InChI is InChI=1S/C35H39N5O2.C4H10O/c1-23-29(21-31(41)42)33(39-18-14-35(3,4)15-19-39)32(24(2)37-23)27-10-11-28-22-40(17-13-26(28)20-27)34-36-16-12-30(38-34)25-8-6-5-7-9-25;1-4(2,3)5/h5-12,16,20H,13-15,17-19,21-22H2,1-4H3,(H,41,42);5H,1-3H3. The molecule has 0 saturated carbocycles. The fraction of sp³-hybridized carbons (Fsp3) is 0.436. The monoisotopic (exact) mass is 635 g/mol. The predicted octanol–water partition coefficient (Wildman–Crippen LogP) is 7.42. The predicted molar refractivity (Wildman–Crippen MR) is 190 cm³/mol. The number of carbonyl (C=O) groups is 1. The number of piperidine rings is 1. The number of aryl methyl sites for hydroxylation is 2. The van der Waals surface area contributed by atoms with Crippen LogP contribution < -0.4 is 9.80 Å². The lowest BCUT2D eigenvalue weighted by atomic mass is 9.82. The fourth-order valence-electron chi connectivity index (χ4n) is 6.41. The number of pyridine rings is 1. The van der Waals surface area contributed by atoms with Gasteiger partial charge in [-0.2, -0.15) is 0 Å². The van der Waals surface area contributed by atoms with Crippen LogP contribution in [-0.4, -0.2) is 56.4 Å². The summed E-state index contributed by atoms with van der Waals surface area (Å²) in [6.45, 7) is 17.3. The minimum absolute atomic E-state index is 0.0245. The van der Waals surface area contributed by atoms with Crippen molar-refractivity contribution in [3.63, 3.8) is 0 Å². The molecular weight excluding hydrogens is 586 g/mol. The second kappa shape index (κ2) is 13.8. The molecule has 2 aliphatic heterocycles. The summed E-state index contributed by atoms with van der Waals surface area (Å²) < 4.78 is 0. The number of hydrogen-bond donors (Lipinski definition) is 2. The van der Waals surface area contributed by atoms with Crippen molar-refractivity contribution in [3.05, 3.63) is 88.9 Å². The highest BCUT2D eigenvalue weighted by Crippen LogP contribution is 2.42. The summed E-state index contributed by atoms with van der Waals surface area (Å²) in [5, 5.41) is 18.3. The minimum atomic E-state index is -0.822. The molecule has 248 valence electrons. The first-order valence-corrected chi connectivity index (χ1v) is 16.6. The van der Waals surface area contributed by atoms with E-state index in [4.69, 9.17) is 15.1 Å². The zero-order valence-electron chi connectivity index (χ0n) is 29.0. The Hall–Kier alpha value is -4.30. The van der Waals surface area contributed by atoms with Gasteiger partial charge in [-0.05, 0) is 82.1 Å². The number of aromatic nitrogens is 3. The van der Waals surface area contributed by atoms with Crippen LogP contribution in [-0.2, 0) is 24.2 Å². The van der Waals surface area contributed by atoms with Crippen LogP contribution in [0.25, 0.3) is 22.4 Å². The third-order valence-electron chi connectivity index (χ3n) is 8.92. The number of carboxylic acids is 1. The molecule has 47 heavy (non-hydrogen) atoms. The largest absolute Gasteiger partial charge is 0.481 e. The maximum atomic E-state index is 12.0. The number of aliphatic carboxylic acids is 1. The summed E-state index contributed by atoms with van der Waals surface area (Å²) >= 11 is 0. The SMILES string of the molecule is CC(C)(C)O.Cc1nc(C)c(-c2ccc3c(c2)CCN(c2nccc(-c4ccccc4)n2)C3)c(N2CCC(C)(C)CC2)c1CC(=O)O. The van der Waals surface area contributed by atoms with Crippen molar-refractivity contribution in [2.75, 3.05) is 29.4 Å². The number of anilines is 2. The summed E-state index contributed by atoms with van der Waals surface area (Å²) in [5.74, 6) is -0.0735. The van der Waals surface area contributed by atoms with E-state index in [-0.39, 0.29) is 6.42 Å². The van der Waals surface area contributed by atoms with Crippen molar-refractivity contribution >= 4 is 17.6 Å². The van der Waals surface area contributed by atoms with Crippen molar-refractivity contribution in [2.45, 2.75) is 86.3 Å². The van der Waals surface area contributed by atoms with Crippen LogP contribution in [0.1, 0.15) is 75.5 Å². The van der Waals surface area contributed by atoms with Crippen molar-refractivity contribution in [2.24, 2.45) is 5.41 Å². The molecule has 8 nitrogen and oxygen atoms in total. The van der Waals surface area contributed by atoms with Gasteiger partial charge >= 0.3 is 5.97 Å². The molecule has 4 aromatic rings. The van der Waals surface area contributed by atoms with Crippen molar-refractivity contribution in [3.8, 4) is 22.4 Å². The minimum Gasteiger partial charge on any atom is -0.481 e. The summed E-state index contributed by atoms with van der Waals surface area (Å²) in [6, 6.07) is 18.9. The number of benzene rings is 2. The van der Waals surface area contributed by atoms with Gasteiger partial charge in [-0.25, -0.2) is 9.97 Å². The maximum absolute atomic E-state index is 12.0. The highest BCUT2D eigenvalue weighted by Gasteiger charge is 2.30. The fourth-order valence-corrected chi connectivity index (χ4v) is 6.41. The first-order chi connectivity index (χ1) is 22.2. The Labute approximate surface area is 279 Å². The Morgan fingerprint density at radius 3 is 2.21 bits per heavy atom. The van der Waals surface area contributed by atoms with Gasteiger partial charge in [0, 0.05) is 60.5 Å². The van der Waals surface area contributed by atoms with E-state index < -0.39 is 11.6 Å². The molecule has 0 amide bonds. The third-order valence-corrected chi connectivity index (χ3v) is 8.92. The van der Waals surface area contributed by atoms with Crippen LogP contribution in [0.3, 0.4) is 0 Å². The highest BCUT2D eigenvalue weighted by atomic mass is 16.4. The number of fused-ring (bicyclic) bond motifs is 1. The molecule has 0 spiro atoms. The summed E-state index contributed by atoms with van der Waals surface area (Å²) in [6.07, 6.45) is 4.85. The van der Waals surface area contributed by atoms with Crippen LogP contribution in [0.4, 0.5) is 11.6 Å². The van der Waals surface area contributed by atoms with E-state index in [9.17, 15) is 9.90 Å².